The molecule has 1 aromatic rings. The minimum atomic E-state index is -3.68. The number of nitrogens with zero attached hydrogens (tertiary/aromatic N) is 2. The summed E-state index contributed by atoms with van der Waals surface area (Å²) in [5.41, 5.74) is 0.809. The molecule has 1 unspecified atom stereocenters. The van der Waals surface area contributed by atoms with Crippen molar-refractivity contribution in [3.63, 3.8) is 0 Å². The third kappa shape index (κ3) is 5.33. The first kappa shape index (κ1) is 24.8. The van der Waals surface area contributed by atoms with Gasteiger partial charge in [-0.1, -0.05) is 29.9 Å². The highest BCUT2D eigenvalue weighted by molar-refractivity contribution is 7.89. The number of ether oxygens (including phenoxy) is 1. The number of thiocarbonyl (C=S) groups is 1. The molecule has 0 spiro atoms. The summed E-state index contributed by atoms with van der Waals surface area (Å²) in [6.07, 6.45) is 2.83. The van der Waals surface area contributed by atoms with Crippen molar-refractivity contribution in [2.75, 3.05) is 31.1 Å². The van der Waals surface area contributed by atoms with Crippen LogP contribution in [0.1, 0.15) is 19.3 Å². The van der Waals surface area contributed by atoms with Crippen LogP contribution in [0.25, 0.3) is 0 Å². The van der Waals surface area contributed by atoms with Crippen molar-refractivity contribution in [2.45, 2.75) is 36.4 Å². The molecule has 2 heterocycles. The summed E-state index contributed by atoms with van der Waals surface area (Å²) in [7, 11) is -3.68. The summed E-state index contributed by atoms with van der Waals surface area (Å²) in [6, 6.07) is 6.00. The normalized spacial score (nSPS) is 22.3. The first-order valence-corrected chi connectivity index (χ1v) is 13.0. The van der Waals surface area contributed by atoms with Crippen molar-refractivity contribution in [1.82, 2.24) is 9.62 Å². The van der Waals surface area contributed by atoms with E-state index in [1.54, 1.807) is 18.2 Å². The van der Waals surface area contributed by atoms with Crippen molar-refractivity contribution in [3.05, 3.63) is 47.0 Å². The molecule has 3 aliphatic rings. The number of nitrogens with one attached hydrogen (secondary N) is 1. The van der Waals surface area contributed by atoms with Crippen LogP contribution in [-0.4, -0.2) is 73.1 Å². The van der Waals surface area contributed by atoms with Crippen LogP contribution in [0.3, 0.4) is 0 Å². The molecule has 1 aromatic carbocycles. The Morgan fingerprint density at radius 3 is 2.59 bits per heavy atom. The largest absolute Gasteiger partial charge is 0.442 e. The van der Waals surface area contributed by atoms with Gasteiger partial charge in [-0.3, -0.25) is 9.69 Å². The van der Waals surface area contributed by atoms with E-state index in [2.05, 4.69) is 5.32 Å². The van der Waals surface area contributed by atoms with Gasteiger partial charge in [-0.25, -0.2) is 13.2 Å². The Hall–Kier alpha value is -2.31. The van der Waals surface area contributed by atoms with E-state index in [1.165, 1.54) is 27.4 Å². The molecule has 0 radical (unpaired) electrons. The maximum atomic E-state index is 12.8. The number of hydrogen-bond acceptors (Lipinski definition) is 7. The fourth-order valence-corrected chi connectivity index (χ4v) is 5.83. The SMILES string of the molecule is O=C(NCC1CN(c2ccc(S(=O)(=O)N3CCC(O)CC3)cc2)C(=O)O1)C1=CC(Cl)=CCC1=S. The van der Waals surface area contributed by atoms with Gasteiger partial charge < -0.3 is 15.2 Å². The fourth-order valence-electron chi connectivity index (χ4n) is 3.94. The zero-order valence-corrected chi connectivity index (χ0v) is 20.5. The van der Waals surface area contributed by atoms with E-state index >= 15 is 0 Å². The molecule has 0 aromatic heterocycles. The predicted octanol–water partition coefficient (Wildman–Crippen LogP) is 2.10. The van der Waals surface area contributed by atoms with Crippen molar-refractivity contribution in [1.29, 1.82) is 0 Å². The number of amides is 2. The third-order valence-electron chi connectivity index (χ3n) is 5.88. The first-order valence-electron chi connectivity index (χ1n) is 10.8. The Labute approximate surface area is 208 Å². The van der Waals surface area contributed by atoms with E-state index < -0.39 is 28.3 Å². The maximum absolute atomic E-state index is 12.8. The molecule has 1 aliphatic carbocycles. The molecule has 12 heteroatoms. The number of anilines is 1. The molecule has 34 heavy (non-hydrogen) atoms. The van der Waals surface area contributed by atoms with Gasteiger partial charge >= 0.3 is 6.09 Å². The van der Waals surface area contributed by atoms with E-state index in [0.717, 1.165) is 0 Å². The molecule has 2 N–H and O–H groups in total. The molecule has 2 saturated heterocycles. The lowest BCUT2D eigenvalue weighted by Crippen LogP contribution is -2.40. The summed E-state index contributed by atoms with van der Waals surface area (Å²) in [5, 5.41) is 12.8. The number of carbonyl (C=O) groups excluding carboxylic acids is 2. The van der Waals surface area contributed by atoms with Gasteiger partial charge in [-0.05, 0) is 43.2 Å². The van der Waals surface area contributed by atoms with E-state index in [-0.39, 0.29) is 37.0 Å². The van der Waals surface area contributed by atoms with Crippen molar-refractivity contribution in [2.24, 2.45) is 0 Å². The second-order valence-electron chi connectivity index (χ2n) is 8.23. The highest BCUT2D eigenvalue weighted by atomic mass is 35.5. The number of allylic oxidation sites excluding steroid dienone is 3. The smallest absolute Gasteiger partial charge is 0.414 e. The maximum Gasteiger partial charge on any atom is 0.414 e. The number of aliphatic hydroxyl groups is 1. The molecular formula is C22H24ClN3O6S2. The lowest BCUT2D eigenvalue weighted by molar-refractivity contribution is -0.117. The van der Waals surface area contributed by atoms with Crippen molar-refractivity contribution >= 4 is 56.4 Å². The summed E-state index contributed by atoms with van der Waals surface area (Å²) in [4.78, 5) is 26.8. The summed E-state index contributed by atoms with van der Waals surface area (Å²) >= 11 is 11.2. The highest BCUT2D eigenvalue weighted by Gasteiger charge is 2.34. The Bertz CT molecular complexity index is 1160. The third-order valence-corrected chi connectivity index (χ3v) is 8.45. The van der Waals surface area contributed by atoms with Crippen molar-refractivity contribution in [3.8, 4) is 0 Å². The number of carbonyl (C=O) groups is 2. The van der Waals surface area contributed by atoms with Gasteiger partial charge in [0.15, 0.2) is 0 Å². The molecule has 2 aliphatic heterocycles. The van der Waals surface area contributed by atoms with Crippen LogP contribution in [0.4, 0.5) is 10.5 Å². The predicted molar refractivity (Wildman–Crippen MR) is 130 cm³/mol. The Kier molecular flexibility index (Phi) is 7.39. The molecule has 2 amide bonds. The molecular weight excluding hydrogens is 502 g/mol. The summed E-state index contributed by atoms with van der Waals surface area (Å²) in [5.74, 6) is -0.384. The summed E-state index contributed by atoms with van der Waals surface area (Å²) in [6.45, 7) is 0.817. The van der Waals surface area contributed by atoms with Gasteiger partial charge in [-0.2, -0.15) is 4.31 Å². The van der Waals surface area contributed by atoms with Crippen LogP contribution >= 0.6 is 23.8 Å². The van der Waals surface area contributed by atoms with Gasteiger partial charge in [0.25, 0.3) is 5.91 Å². The number of hydrogen-bond donors (Lipinski definition) is 2. The quantitative estimate of drug-likeness (QED) is 0.546. The lowest BCUT2D eigenvalue weighted by Gasteiger charge is -2.28. The molecule has 9 nitrogen and oxygen atoms in total. The average Bonchev–Trinajstić information content (AvgIpc) is 3.20. The van der Waals surface area contributed by atoms with Crippen LogP contribution in [0.5, 0.6) is 0 Å². The van der Waals surface area contributed by atoms with E-state index in [1.807, 2.05) is 0 Å². The lowest BCUT2D eigenvalue weighted by atomic mass is 10.0. The van der Waals surface area contributed by atoms with E-state index in [0.29, 0.717) is 40.4 Å². The number of benzene rings is 1. The van der Waals surface area contributed by atoms with Crippen LogP contribution in [0.2, 0.25) is 0 Å². The zero-order valence-electron chi connectivity index (χ0n) is 18.1. The molecule has 4 rings (SSSR count). The van der Waals surface area contributed by atoms with Crippen LogP contribution < -0.4 is 10.2 Å². The minimum absolute atomic E-state index is 0.0929. The zero-order chi connectivity index (χ0) is 24.5. The Morgan fingerprint density at radius 1 is 1.24 bits per heavy atom. The number of cyclic esters (lactones) is 1. The average molecular weight is 526 g/mol. The fraction of sp³-hybridized carbons (Fsp3) is 0.409. The highest BCUT2D eigenvalue weighted by Crippen LogP contribution is 2.26. The van der Waals surface area contributed by atoms with Crippen LogP contribution in [0, 0.1) is 0 Å². The van der Waals surface area contributed by atoms with Crippen molar-refractivity contribution < 1.29 is 27.9 Å². The van der Waals surface area contributed by atoms with E-state index in [4.69, 9.17) is 28.6 Å². The molecule has 1 atom stereocenters. The topological polar surface area (TPSA) is 116 Å². The number of aliphatic hydroxyl groups excluding tert-OH is 1. The van der Waals surface area contributed by atoms with Gasteiger partial charge in [-0.15, -0.1) is 0 Å². The standard InChI is InChI=1S/C22H24ClN3O6S2/c23-14-1-6-20(33)19(11-14)21(28)24-12-17-13-26(22(29)32-17)15-2-4-18(5-3-15)34(30,31)25-9-7-16(27)8-10-25/h1-5,11,16-17,27H,6-10,12-13H2,(H,24,28). The molecule has 182 valence electrons. The minimum Gasteiger partial charge on any atom is -0.442 e. The van der Waals surface area contributed by atoms with Gasteiger partial charge in [0.1, 0.15) is 6.10 Å². The van der Waals surface area contributed by atoms with E-state index in [9.17, 15) is 23.1 Å². The second kappa shape index (κ2) is 10.1. The summed E-state index contributed by atoms with van der Waals surface area (Å²) < 4.78 is 32.4. The first-order chi connectivity index (χ1) is 16.1. The Balaban J connectivity index is 1.36. The van der Waals surface area contributed by atoms with Gasteiger partial charge in [0.05, 0.1) is 29.7 Å². The van der Waals surface area contributed by atoms with Crippen LogP contribution in [0.15, 0.2) is 51.9 Å². The second-order valence-corrected chi connectivity index (χ2v) is 11.1. The van der Waals surface area contributed by atoms with Crippen LogP contribution in [-0.2, 0) is 19.6 Å². The number of halogens is 1. The molecule has 0 bridgehead atoms. The molecule has 0 saturated carbocycles. The monoisotopic (exact) mass is 525 g/mol. The van der Waals surface area contributed by atoms with Gasteiger partial charge in [0, 0.05) is 35.1 Å². The number of sulfonamides is 1. The molecule has 2 fully saturated rings. The Morgan fingerprint density at radius 2 is 1.91 bits per heavy atom. The number of rotatable bonds is 6. The number of piperidine rings is 1. The van der Waals surface area contributed by atoms with Gasteiger partial charge in [0.2, 0.25) is 10.0 Å².